The lowest BCUT2D eigenvalue weighted by Gasteiger charge is -2.07. The van der Waals surface area contributed by atoms with Crippen molar-refractivity contribution >= 4 is 27.8 Å². The van der Waals surface area contributed by atoms with Gasteiger partial charge < -0.3 is 10.1 Å². The van der Waals surface area contributed by atoms with E-state index in [4.69, 9.17) is 0 Å². The highest BCUT2D eigenvalue weighted by Crippen LogP contribution is 2.16. The van der Waals surface area contributed by atoms with E-state index >= 15 is 0 Å². The number of esters is 1. The first kappa shape index (κ1) is 16.2. The molecule has 0 radical (unpaired) electrons. The third-order valence-corrected chi connectivity index (χ3v) is 3.58. The second-order valence-corrected chi connectivity index (χ2v) is 5.63. The molecule has 0 aliphatic heterocycles. The van der Waals surface area contributed by atoms with Crippen LogP contribution in [-0.4, -0.2) is 25.5 Å². The standard InChI is InChI=1S/C17H16BrNO3/c1-22-17(21)14-9-13(10-15(18)11-14)16(20)19-8-7-12-5-3-2-4-6-12/h2-6,9-11H,7-8H2,1H3,(H,19,20). The molecule has 0 atom stereocenters. The summed E-state index contributed by atoms with van der Waals surface area (Å²) in [6, 6.07) is 14.7. The van der Waals surface area contributed by atoms with E-state index in [0.717, 1.165) is 12.0 Å². The number of hydrogen-bond acceptors (Lipinski definition) is 3. The summed E-state index contributed by atoms with van der Waals surface area (Å²) in [5.74, 6) is -0.693. The topological polar surface area (TPSA) is 55.4 Å². The van der Waals surface area contributed by atoms with E-state index in [1.54, 1.807) is 12.1 Å². The van der Waals surface area contributed by atoms with Gasteiger partial charge in [-0.1, -0.05) is 46.3 Å². The third-order valence-electron chi connectivity index (χ3n) is 3.12. The number of nitrogens with one attached hydrogen (secondary N) is 1. The number of amides is 1. The quantitative estimate of drug-likeness (QED) is 0.831. The minimum absolute atomic E-state index is 0.220. The molecule has 1 amide bonds. The molecule has 1 N–H and O–H groups in total. The highest BCUT2D eigenvalue weighted by molar-refractivity contribution is 9.10. The van der Waals surface area contributed by atoms with E-state index in [9.17, 15) is 9.59 Å². The van der Waals surface area contributed by atoms with Gasteiger partial charge in [-0.3, -0.25) is 4.79 Å². The van der Waals surface area contributed by atoms with Crippen LogP contribution in [-0.2, 0) is 11.2 Å². The number of carbonyl (C=O) groups is 2. The zero-order valence-electron chi connectivity index (χ0n) is 12.1. The van der Waals surface area contributed by atoms with Crippen molar-refractivity contribution in [3.05, 3.63) is 69.7 Å². The van der Waals surface area contributed by atoms with Crippen LogP contribution in [0.5, 0.6) is 0 Å². The maximum atomic E-state index is 12.2. The van der Waals surface area contributed by atoms with Gasteiger partial charge in [0.1, 0.15) is 0 Å². The Bertz CT molecular complexity index is 671. The highest BCUT2D eigenvalue weighted by Gasteiger charge is 2.12. The molecule has 0 saturated carbocycles. The van der Waals surface area contributed by atoms with Gasteiger partial charge in [0.25, 0.3) is 5.91 Å². The summed E-state index contributed by atoms with van der Waals surface area (Å²) in [4.78, 5) is 23.7. The van der Waals surface area contributed by atoms with Crippen molar-refractivity contribution in [2.45, 2.75) is 6.42 Å². The second-order valence-electron chi connectivity index (χ2n) is 4.71. The lowest BCUT2D eigenvalue weighted by Crippen LogP contribution is -2.26. The molecule has 0 saturated heterocycles. The van der Waals surface area contributed by atoms with Gasteiger partial charge in [0.15, 0.2) is 0 Å². The SMILES string of the molecule is COC(=O)c1cc(Br)cc(C(=O)NCCc2ccccc2)c1. The van der Waals surface area contributed by atoms with Gasteiger partial charge in [-0.05, 0) is 30.2 Å². The van der Waals surface area contributed by atoms with Crippen LogP contribution in [0.2, 0.25) is 0 Å². The predicted octanol–water partition coefficient (Wildman–Crippen LogP) is 3.21. The molecule has 0 heterocycles. The van der Waals surface area contributed by atoms with Crippen molar-refractivity contribution in [1.29, 1.82) is 0 Å². The lowest BCUT2D eigenvalue weighted by molar-refractivity contribution is 0.0600. The molecule has 2 aromatic rings. The summed E-state index contributed by atoms with van der Waals surface area (Å²) in [6.45, 7) is 0.531. The fourth-order valence-corrected chi connectivity index (χ4v) is 2.52. The van der Waals surface area contributed by atoms with Gasteiger partial charge in [-0.2, -0.15) is 0 Å². The molecule has 2 rings (SSSR count). The molecule has 114 valence electrons. The van der Waals surface area contributed by atoms with Gasteiger partial charge in [0.2, 0.25) is 0 Å². The van der Waals surface area contributed by atoms with Gasteiger partial charge in [-0.25, -0.2) is 4.79 Å². The smallest absolute Gasteiger partial charge is 0.337 e. The minimum atomic E-state index is -0.473. The Morgan fingerprint density at radius 2 is 1.77 bits per heavy atom. The van der Waals surface area contributed by atoms with Crippen molar-refractivity contribution in [2.75, 3.05) is 13.7 Å². The van der Waals surface area contributed by atoms with Gasteiger partial charge in [0.05, 0.1) is 12.7 Å². The average molecular weight is 362 g/mol. The highest BCUT2D eigenvalue weighted by atomic mass is 79.9. The minimum Gasteiger partial charge on any atom is -0.465 e. The first-order valence-corrected chi connectivity index (χ1v) is 7.60. The van der Waals surface area contributed by atoms with Crippen LogP contribution >= 0.6 is 15.9 Å². The van der Waals surface area contributed by atoms with Crippen LogP contribution < -0.4 is 5.32 Å². The molecule has 0 aliphatic carbocycles. The lowest BCUT2D eigenvalue weighted by atomic mass is 10.1. The molecule has 0 fully saturated rings. The van der Waals surface area contributed by atoms with E-state index in [-0.39, 0.29) is 5.91 Å². The van der Waals surface area contributed by atoms with Crippen LogP contribution in [0.4, 0.5) is 0 Å². The third kappa shape index (κ3) is 4.43. The van der Waals surface area contributed by atoms with Crippen LogP contribution in [0.1, 0.15) is 26.3 Å². The second kappa shape index (κ2) is 7.75. The summed E-state index contributed by atoms with van der Waals surface area (Å²) in [5.41, 5.74) is 1.92. The zero-order valence-corrected chi connectivity index (χ0v) is 13.7. The van der Waals surface area contributed by atoms with Gasteiger partial charge in [-0.15, -0.1) is 0 Å². The van der Waals surface area contributed by atoms with Crippen molar-refractivity contribution in [2.24, 2.45) is 0 Å². The summed E-state index contributed by atoms with van der Waals surface area (Å²) in [6.07, 6.45) is 0.754. The number of rotatable bonds is 5. The molecule has 0 unspecified atom stereocenters. The van der Waals surface area contributed by atoms with Crippen LogP contribution in [0, 0.1) is 0 Å². The maximum Gasteiger partial charge on any atom is 0.337 e. The average Bonchev–Trinajstić information content (AvgIpc) is 2.54. The molecular weight excluding hydrogens is 346 g/mol. The number of carbonyl (C=O) groups excluding carboxylic acids is 2. The molecule has 0 bridgehead atoms. The van der Waals surface area contributed by atoms with Crippen molar-refractivity contribution in [3.8, 4) is 0 Å². The van der Waals surface area contributed by atoms with Crippen molar-refractivity contribution in [3.63, 3.8) is 0 Å². The molecular formula is C17H16BrNO3. The molecule has 22 heavy (non-hydrogen) atoms. The Balaban J connectivity index is 2.00. The Labute approximate surface area is 137 Å². The van der Waals surface area contributed by atoms with E-state index in [1.807, 2.05) is 30.3 Å². The Kier molecular flexibility index (Phi) is 5.72. The van der Waals surface area contributed by atoms with Gasteiger partial charge in [0, 0.05) is 16.6 Å². The number of benzene rings is 2. The molecule has 2 aromatic carbocycles. The fraction of sp³-hybridized carbons (Fsp3) is 0.176. The Morgan fingerprint density at radius 3 is 2.45 bits per heavy atom. The van der Waals surface area contributed by atoms with Crippen LogP contribution in [0.25, 0.3) is 0 Å². The Morgan fingerprint density at radius 1 is 1.09 bits per heavy atom. The van der Waals surface area contributed by atoms with E-state index in [0.29, 0.717) is 22.1 Å². The number of methoxy groups -OCH3 is 1. The van der Waals surface area contributed by atoms with Crippen molar-refractivity contribution in [1.82, 2.24) is 5.32 Å². The number of halogens is 1. The van der Waals surface area contributed by atoms with Crippen LogP contribution in [0.15, 0.2) is 53.0 Å². The predicted molar refractivity (Wildman–Crippen MR) is 88.0 cm³/mol. The first-order chi connectivity index (χ1) is 10.6. The van der Waals surface area contributed by atoms with Crippen LogP contribution in [0.3, 0.4) is 0 Å². The van der Waals surface area contributed by atoms with E-state index in [2.05, 4.69) is 26.0 Å². The summed E-state index contributed by atoms with van der Waals surface area (Å²) in [7, 11) is 1.31. The van der Waals surface area contributed by atoms with E-state index in [1.165, 1.54) is 13.2 Å². The Hall–Kier alpha value is -2.14. The summed E-state index contributed by atoms with van der Waals surface area (Å²) in [5, 5.41) is 2.85. The summed E-state index contributed by atoms with van der Waals surface area (Å²) < 4.78 is 5.33. The van der Waals surface area contributed by atoms with Gasteiger partial charge >= 0.3 is 5.97 Å². The van der Waals surface area contributed by atoms with Crippen molar-refractivity contribution < 1.29 is 14.3 Å². The number of ether oxygens (including phenoxy) is 1. The first-order valence-electron chi connectivity index (χ1n) is 6.81. The normalized spacial score (nSPS) is 10.1. The molecule has 0 aliphatic rings. The molecule has 5 heteroatoms. The monoisotopic (exact) mass is 361 g/mol. The fourth-order valence-electron chi connectivity index (χ4n) is 2.02. The molecule has 0 aromatic heterocycles. The molecule has 0 spiro atoms. The largest absolute Gasteiger partial charge is 0.465 e. The van der Waals surface area contributed by atoms with E-state index < -0.39 is 5.97 Å². The maximum absolute atomic E-state index is 12.2. The molecule has 4 nitrogen and oxygen atoms in total. The zero-order chi connectivity index (χ0) is 15.9. The number of hydrogen-bond donors (Lipinski definition) is 1. The summed E-state index contributed by atoms with van der Waals surface area (Å²) >= 11 is 3.30.